The van der Waals surface area contributed by atoms with E-state index in [0.29, 0.717) is 22.3 Å². The van der Waals surface area contributed by atoms with E-state index in [1.54, 1.807) is 18.2 Å². The molecule has 28 heavy (non-hydrogen) atoms. The molecule has 4 aromatic rings. The number of aromatic nitrogens is 3. The number of hydrogen-bond donors (Lipinski definition) is 0. The molecule has 0 saturated heterocycles. The zero-order chi connectivity index (χ0) is 19.3. The summed E-state index contributed by atoms with van der Waals surface area (Å²) in [7, 11) is 0. The van der Waals surface area contributed by atoms with Crippen LogP contribution >= 0.6 is 11.8 Å². The molecule has 0 unspecified atom stereocenters. The maximum absolute atomic E-state index is 13.4. The number of nitriles is 1. The molecular weight excluding hydrogens is 371 g/mol. The van der Waals surface area contributed by atoms with Gasteiger partial charge in [-0.05, 0) is 42.0 Å². The van der Waals surface area contributed by atoms with Gasteiger partial charge in [0, 0.05) is 17.0 Å². The fourth-order valence-electron chi connectivity index (χ4n) is 2.84. The highest BCUT2D eigenvalue weighted by atomic mass is 32.2. The Kier molecular flexibility index (Phi) is 5.18. The molecule has 0 aliphatic rings. The summed E-state index contributed by atoms with van der Waals surface area (Å²) < 4.78 is 15.3. The summed E-state index contributed by atoms with van der Waals surface area (Å²) in [5.74, 6) is 1.05. The number of hydrogen-bond acceptors (Lipinski definition) is 4. The minimum absolute atomic E-state index is 0.291. The summed E-state index contributed by atoms with van der Waals surface area (Å²) in [4.78, 5) is 0. The van der Waals surface area contributed by atoms with Crippen molar-refractivity contribution >= 4 is 11.8 Å². The van der Waals surface area contributed by atoms with Crippen LogP contribution in [0.2, 0.25) is 0 Å². The van der Waals surface area contributed by atoms with Gasteiger partial charge >= 0.3 is 0 Å². The number of halogens is 1. The third-order valence-corrected chi connectivity index (χ3v) is 5.17. The van der Waals surface area contributed by atoms with Crippen LogP contribution < -0.4 is 0 Å². The average molecular weight is 386 g/mol. The first kappa shape index (κ1) is 18.0. The van der Waals surface area contributed by atoms with Crippen molar-refractivity contribution in [3.63, 3.8) is 0 Å². The Morgan fingerprint density at radius 3 is 2.46 bits per heavy atom. The molecule has 4 rings (SSSR count). The van der Waals surface area contributed by atoms with E-state index in [1.807, 2.05) is 53.1 Å². The van der Waals surface area contributed by atoms with Gasteiger partial charge in [-0.2, -0.15) is 5.26 Å². The van der Waals surface area contributed by atoms with E-state index in [1.165, 1.54) is 23.9 Å². The molecule has 136 valence electrons. The van der Waals surface area contributed by atoms with Gasteiger partial charge in [0.2, 0.25) is 0 Å². The van der Waals surface area contributed by atoms with E-state index in [4.69, 9.17) is 5.26 Å². The van der Waals surface area contributed by atoms with Gasteiger partial charge in [0.15, 0.2) is 11.0 Å². The molecule has 0 atom stereocenters. The van der Waals surface area contributed by atoms with Gasteiger partial charge in [0.1, 0.15) is 5.82 Å². The van der Waals surface area contributed by atoms with E-state index < -0.39 is 0 Å². The van der Waals surface area contributed by atoms with Crippen molar-refractivity contribution in [2.75, 3.05) is 0 Å². The first-order valence-corrected chi connectivity index (χ1v) is 9.62. The summed E-state index contributed by atoms with van der Waals surface area (Å²) in [6.45, 7) is 0. The van der Waals surface area contributed by atoms with E-state index in [9.17, 15) is 4.39 Å². The molecule has 0 spiro atoms. The van der Waals surface area contributed by atoms with Gasteiger partial charge < -0.3 is 0 Å². The Bertz CT molecular complexity index is 1130. The van der Waals surface area contributed by atoms with Crippen molar-refractivity contribution in [3.8, 4) is 23.1 Å². The first-order chi connectivity index (χ1) is 13.7. The predicted octanol–water partition coefficient (Wildman–Crippen LogP) is 5.24. The quantitative estimate of drug-likeness (QED) is 0.440. The largest absolute Gasteiger partial charge is 0.270 e. The Labute approximate surface area is 166 Å². The minimum atomic E-state index is -0.291. The molecule has 0 saturated carbocycles. The van der Waals surface area contributed by atoms with Crippen LogP contribution in [0.4, 0.5) is 4.39 Å². The third-order valence-electron chi connectivity index (χ3n) is 4.17. The number of rotatable bonds is 5. The van der Waals surface area contributed by atoms with Crippen molar-refractivity contribution < 1.29 is 4.39 Å². The van der Waals surface area contributed by atoms with E-state index in [0.717, 1.165) is 16.8 Å². The minimum Gasteiger partial charge on any atom is -0.270 e. The molecule has 0 N–H and O–H groups in total. The lowest BCUT2D eigenvalue weighted by molar-refractivity contribution is 0.627. The highest BCUT2D eigenvalue weighted by Crippen LogP contribution is 2.29. The van der Waals surface area contributed by atoms with E-state index in [-0.39, 0.29) is 5.82 Å². The van der Waals surface area contributed by atoms with Crippen molar-refractivity contribution in [3.05, 3.63) is 95.8 Å². The standard InChI is InChI=1S/C22H15FN4S/c23-19-9-11-20(12-10-19)27-21(18-7-2-1-3-8-18)25-26-22(27)28-15-17-6-4-5-16(13-17)14-24/h1-13H,15H2. The van der Waals surface area contributed by atoms with Crippen LogP contribution in [0.25, 0.3) is 17.1 Å². The van der Waals surface area contributed by atoms with Crippen molar-refractivity contribution in [2.45, 2.75) is 10.9 Å². The topological polar surface area (TPSA) is 54.5 Å². The fraction of sp³-hybridized carbons (Fsp3) is 0.0455. The second kappa shape index (κ2) is 8.07. The molecule has 0 amide bonds. The van der Waals surface area contributed by atoms with Crippen LogP contribution in [0.1, 0.15) is 11.1 Å². The van der Waals surface area contributed by atoms with Gasteiger partial charge in [-0.15, -0.1) is 10.2 Å². The fourth-order valence-corrected chi connectivity index (χ4v) is 3.73. The number of benzene rings is 3. The van der Waals surface area contributed by atoms with E-state index >= 15 is 0 Å². The summed E-state index contributed by atoms with van der Waals surface area (Å²) in [5.41, 5.74) is 3.37. The second-order valence-corrected chi connectivity index (χ2v) is 7.03. The van der Waals surface area contributed by atoms with Crippen LogP contribution in [-0.4, -0.2) is 14.8 Å². The molecule has 0 bridgehead atoms. The molecule has 0 radical (unpaired) electrons. The Morgan fingerprint density at radius 2 is 1.71 bits per heavy atom. The molecule has 4 nitrogen and oxygen atoms in total. The van der Waals surface area contributed by atoms with Crippen LogP contribution in [0.5, 0.6) is 0 Å². The highest BCUT2D eigenvalue weighted by Gasteiger charge is 2.16. The molecule has 1 heterocycles. The van der Waals surface area contributed by atoms with Crippen molar-refractivity contribution in [1.29, 1.82) is 5.26 Å². The monoisotopic (exact) mass is 386 g/mol. The number of thioether (sulfide) groups is 1. The smallest absolute Gasteiger partial charge is 0.196 e. The molecular formula is C22H15FN4S. The summed E-state index contributed by atoms with van der Waals surface area (Å²) in [5, 5.41) is 18.5. The van der Waals surface area contributed by atoms with Crippen LogP contribution in [-0.2, 0) is 5.75 Å². The van der Waals surface area contributed by atoms with Crippen molar-refractivity contribution in [2.24, 2.45) is 0 Å². The Balaban J connectivity index is 1.71. The molecule has 0 aliphatic carbocycles. The molecule has 1 aromatic heterocycles. The molecule has 0 fully saturated rings. The van der Waals surface area contributed by atoms with Gasteiger partial charge in [-0.1, -0.05) is 54.2 Å². The van der Waals surface area contributed by atoms with Crippen LogP contribution in [0.15, 0.2) is 84.0 Å². The van der Waals surface area contributed by atoms with Gasteiger partial charge in [-0.25, -0.2) is 4.39 Å². The first-order valence-electron chi connectivity index (χ1n) is 8.63. The third kappa shape index (κ3) is 3.80. The molecule has 6 heteroatoms. The van der Waals surface area contributed by atoms with Gasteiger partial charge in [-0.3, -0.25) is 4.57 Å². The van der Waals surface area contributed by atoms with Gasteiger partial charge in [0.25, 0.3) is 0 Å². The maximum atomic E-state index is 13.4. The maximum Gasteiger partial charge on any atom is 0.196 e. The average Bonchev–Trinajstić information content (AvgIpc) is 3.17. The van der Waals surface area contributed by atoms with Crippen LogP contribution in [0, 0.1) is 17.1 Å². The lowest BCUT2D eigenvalue weighted by atomic mass is 10.2. The zero-order valence-electron chi connectivity index (χ0n) is 14.8. The van der Waals surface area contributed by atoms with Gasteiger partial charge in [0.05, 0.1) is 11.6 Å². The Hall–Kier alpha value is -3.43. The lowest BCUT2D eigenvalue weighted by Crippen LogP contribution is -2.00. The van der Waals surface area contributed by atoms with E-state index in [2.05, 4.69) is 16.3 Å². The summed E-state index contributed by atoms with van der Waals surface area (Å²) in [6, 6.07) is 25.7. The lowest BCUT2D eigenvalue weighted by Gasteiger charge is -2.10. The Morgan fingerprint density at radius 1 is 0.929 bits per heavy atom. The molecule has 0 aliphatic heterocycles. The zero-order valence-corrected chi connectivity index (χ0v) is 15.6. The number of nitrogens with zero attached hydrogens (tertiary/aromatic N) is 4. The highest BCUT2D eigenvalue weighted by molar-refractivity contribution is 7.98. The SMILES string of the molecule is N#Cc1cccc(CSc2nnc(-c3ccccc3)n2-c2ccc(F)cc2)c1. The van der Waals surface area contributed by atoms with Crippen molar-refractivity contribution in [1.82, 2.24) is 14.8 Å². The summed E-state index contributed by atoms with van der Waals surface area (Å²) >= 11 is 1.52. The normalized spacial score (nSPS) is 10.6. The molecule has 3 aromatic carbocycles. The summed E-state index contributed by atoms with van der Waals surface area (Å²) in [6.07, 6.45) is 0. The second-order valence-electron chi connectivity index (χ2n) is 6.08. The van der Waals surface area contributed by atoms with Crippen LogP contribution in [0.3, 0.4) is 0 Å². The predicted molar refractivity (Wildman–Crippen MR) is 107 cm³/mol.